The number of nitrogens with two attached hydrogens (primary N) is 1. The van der Waals surface area contributed by atoms with Crippen LogP contribution in [-0.4, -0.2) is 24.9 Å². The summed E-state index contributed by atoms with van der Waals surface area (Å²) in [5.41, 5.74) is 7.24. The van der Waals surface area contributed by atoms with Crippen molar-refractivity contribution < 1.29 is 9.47 Å². The van der Waals surface area contributed by atoms with E-state index < -0.39 is 0 Å². The van der Waals surface area contributed by atoms with Gasteiger partial charge in [-0.3, -0.25) is 0 Å². The summed E-state index contributed by atoms with van der Waals surface area (Å²) >= 11 is 3.58. The number of ether oxygens (including phenoxy) is 2. The van der Waals surface area contributed by atoms with Gasteiger partial charge in [-0.1, -0.05) is 22.9 Å². The van der Waals surface area contributed by atoms with Gasteiger partial charge in [0.15, 0.2) is 0 Å². The summed E-state index contributed by atoms with van der Waals surface area (Å²) in [6.07, 6.45) is 4.66. The molecular weight excluding hydrogens is 318 g/mol. The largest absolute Gasteiger partial charge is 0.491 e. The number of rotatable bonds is 6. The Labute approximate surface area is 130 Å². The van der Waals surface area contributed by atoms with Gasteiger partial charge in [0.2, 0.25) is 0 Å². The summed E-state index contributed by atoms with van der Waals surface area (Å²) in [7, 11) is 0. The van der Waals surface area contributed by atoms with Gasteiger partial charge in [-0.2, -0.15) is 0 Å². The molecule has 1 aromatic carbocycles. The first-order chi connectivity index (χ1) is 9.58. The second-order valence-electron chi connectivity index (χ2n) is 5.58. The highest BCUT2D eigenvalue weighted by molar-refractivity contribution is 9.10. The topological polar surface area (TPSA) is 44.5 Å². The Morgan fingerprint density at radius 2 is 2.25 bits per heavy atom. The van der Waals surface area contributed by atoms with Crippen molar-refractivity contribution >= 4 is 15.9 Å². The van der Waals surface area contributed by atoms with Crippen molar-refractivity contribution in [1.82, 2.24) is 0 Å². The monoisotopic (exact) mass is 341 g/mol. The van der Waals surface area contributed by atoms with E-state index in [2.05, 4.69) is 35.8 Å². The average Bonchev–Trinajstić information content (AvgIpc) is 2.85. The molecule has 3 nitrogen and oxygen atoms in total. The van der Waals surface area contributed by atoms with Crippen LogP contribution < -0.4 is 10.5 Å². The molecular formula is C16H24BrNO2. The summed E-state index contributed by atoms with van der Waals surface area (Å²) < 4.78 is 12.7. The second-order valence-corrected chi connectivity index (χ2v) is 6.44. The SMILES string of the molecule is CCC(N)Cc1cc(OCC2CCC(C)O2)ccc1Br. The molecule has 1 aliphatic rings. The van der Waals surface area contributed by atoms with Gasteiger partial charge in [0.05, 0.1) is 12.2 Å². The van der Waals surface area contributed by atoms with E-state index in [0.29, 0.717) is 12.7 Å². The first-order valence-corrected chi connectivity index (χ1v) is 8.20. The Morgan fingerprint density at radius 3 is 2.90 bits per heavy atom. The summed E-state index contributed by atoms with van der Waals surface area (Å²) in [4.78, 5) is 0. The van der Waals surface area contributed by atoms with Crippen LogP contribution in [0.25, 0.3) is 0 Å². The van der Waals surface area contributed by atoms with E-state index in [0.717, 1.165) is 35.9 Å². The molecule has 20 heavy (non-hydrogen) atoms. The number of halogens is 1. The smallest absolute Gasteiger partial charge is 0.119 e. The van der Waals surface area contributed by atoms with Crippen molar-refractivity contribution in [1.29, 1.82) is 0 Å². The molecule has 112 valence electrons. The predicted molar refractivity (Wildman–Crippen MR) is 85.2 cm³/mol. The molecule has 0 bridgehead atoms. The third kappa shape index (κ3) is 4.47. The van der Waals surface area contributed by atoms with Gasteiger partial charge in [0, 0.05) is 10.5 Å². The fraction of sp³-hybridized carbons (Fsp3) is 0.625. The van der Waals surface area contributed by atoms with Crippen molar-refractivity contribution in [2.75, 3.05) is 6.61 Å². The van der Waals surface area contributed by atoms with Gasteiger partial charge in [-0.05, 0) is 56.4 Å². The number of benzene rings is 1. The minimum Gasteiger partial charge on any atom is -0.491 e. The molecule has 1 aliphatic heterocycles. The van der Waals surface area contributed by atoms with E-state index in [1.807, 2.05) is 12.1 Å². The normalized spacial score (nSPS) is 23.8. The fourth-order valence-corrected chi connectivity index (χ4v) is 2.83. The lowest BCUT2D eigenvalue weighted by Crippen LogP contribution is -2.21. The summed E-state index contributed by atoms with van der Waals surface area (Å²) in [6, 6.07) is 6.30. The number of hydrogen-bond acceptors (Lipinski definition) is 3. The Kier molecular flexibility index (Phi) is 5.87. The molecule has 0 saturated carbocycles. The van der Waals surface area contributed by atoms with Crippen LogP contribution in [0.5, 0.6) is 5.75 Å². The van der Waals surface area contributed by atoms with Crippen LogP contribution in [0.1, 0.15) is 38.7 Å². The van der Waals surface area contributed by atoms with E-state index in [4.69, 9.17) is 15.2 Å². The third-order valence-electron chi connectivity index (χ3n) is 3.78. The highest BCUT2D eigenvalue weighted by Crippen LogP contribution is 2.25. The van der Waals surface area contributed by atoms with Crippen LogP contribution in [-0.2, 0) is 11.2 Å². The molecule has 3 unspecified atom stereocenters. The highest BCUT2D eigenvalue weighted by Gasteiger charge is 2.22. The van der Waals surface area contributed by atoms with Crippen molar-refractivity contribution in [3.63, 3.8) is 0 Å². The van der Waals surface area contributed by atoms with Crippen LogP contribution in [0.4, 0.5) is 0 Å². The quantitative estimate of drug-likeness (QED) is 0.858. The molecule has 0 aromatic heterocycles. The van der Waals surface area contributed by atoms with Crippen LogP contribution >= 0.6 is 15.9 Å². The Hall–Kier alpha value is -0.580. The van der Waals surface area contributed by atoms with Gasteiger partial charge in [0.25, 0.3) is 0 Å². The first kappa shape index (κ1) is 15.8. The lowest BCUT2D eigenvalue weighted by Gasteiger charge is -2.15. The van der Waals surface area contributed by atoms with Crippen molar-refractivity contribution in [3.05, 3.63) is 28.2 Å². The lowest BCUT2D eigenvalue weighted by atomic mass is 10.0. The van der Waals surface area contributed by atoms with E-state index >= 15 is 0 Å². The summed E-state index contributed by atoms with van der Waals surface area (Å²) in [6.45, 7) is 4.85. The standard InChI is InChI=1S/C16H24BrNO2/c1-3-13(18)8-12-9-14(6-7-16(12)17)19-10-15-5-4-11(2)20-15/h6-7,9,11,13,15H,3-5,8,10,18H2,1-2H3. The van der Waals surface area contributed by atoms with E-state index in [-0.39, 0.29) is 12.1 Å². The van der Waals surface area contributed by atoms with Crippen molar-refractivity contribution in [3.8, 4) is 5.75 Å². The highest BCUT2D eigenvalue weighted by atomic mass is 79.9. The van der Waals surface area contributed by atoms with Crippen molar-refractivity contribution in [2.45, 2.75) is 57.8 Å². The fourth-order valence-electron chi connectivity index (χ4n) is 2.42. The van der Waals surface area contributed by atoms with Gasteiger partial charge in [-0.25, -0.2) is 0 Å². The second kappa shape index (κ2) is 7.43. The summed E-state index contributed by atoms with van der Waals surface area (Å²) in [5.74, 6) is 0.898. The zero-order valence-corrected chi connectivity index (χ0v) is 13.9. The molecule has 1 heterocycles. The van der Waals surface area contributed by atoms with Gasteiger partial charge < -0.3 is 15.2 Å². The van der Waals surface area contributed by atoms with E-state index in [1.165, 1.54) is 5.56 Å². The maximum absolute atomic E-state index is 6.03. The van der Waals surface area contributed by atoms with Crippen molar-refractivity contribution in [2.24, 2.45) is 5.73 Å². The zero-order chi connectivity index (χ0) is 14.5. The minimum atomic E-state index is 0.195. The van der Waals surface area contributed by atoms with E-state index in [1.54, 1.807) is 0 Å². The molecule has 0 aliphatic carbocycles. The lowest BCUT2D eigenvalue weighted by molar-refractivity contribution is 0.0264. The molecule has 0 radical (unpaired) electrons. The molecule has 2 rings (SSSR count). The number of hydrogen-bond donors (Lipinski definition) is 1. The molecule has 0 spiro atoms. The minimum absolute atomic E-state index is 0.195. The molecule has 3 atom stereocenters. The van der Waals surface area contributed by atoms with Crippen LogP contribution in [0.3, 0.4) is 0 Å². The molecule has 1 fully saturated rings. The van der Waals surface area contributed by atoms with Gasteiger partial charge in [-0.15, -0.1) is 0 Å². The van der Waals surface area contributed by atoms with Gasteiger partial charge in [0.1, 0.15) is 12.4 Å². The average molecular weight is 342 g/mol. The van der Waals surface area contributed by atoms with E-state index in [9.17, 15) is 0 Å². The molecule has 2 N–H and O–H groups in total. The zero-order valence-electron chi connectivity index (χ0n) is 12.3. The predicted octanol–water partition coefficient (Wildman–Crippen LogP) is 3.68. The van der Waals surface area contributed by atoms with Gasteiger partial charge >= 0.3 is 0 Å². The molecule has 1 saturated heterocycles. The third-order valence-corrected chi connectivity index (χ3v) is 4.55. The van der Waals surface area contributed by atoms with Crippen LogP contribution in [0, 0.1) is 0 Å². The Balaban J connectivity index is 1.93. The summed E-state index contributed by atoms with van der Waals surface area (Å²) in [5, 5.41) is 0. The maximum Gasteiger partial charge on any atom is 0.119 e. The maximum atomic E-state index is 6.03. The molecule has 0 amide bonds. The Morgan fingerprint density at radius 1 is 1.45 bits per heavy atom. The Bertz CT molecular complexity index is 438. The molecule has 1 aromatic rings. The van der Waals surface area contributed by atoms with Crippen LogP contribution in [0.2, 0.25) is 0 Å². The molecule has 4 heteroatoms. The first-order valence-electron chi connectivity index (χ1n) is 7.40. The van der Waals surface area contributed by atoms with Crippen LogP contribution in [0.15, 0.2) is 22.7 Å².